The molecule has 1 aromatic carbocycles. The Morgan fingerprint density at radius 3 is 2.79 bits per heavy atom. The number of amides is 1. The number of hydrogen-bond donors (Lipinski definition) is 2. The highest BCUT2D eigenvalue weighted by atomic mass is 32.2. The number of nitrogens with two attached hydrogens (primary N) is 1. The molecule has 0 aliphatic heterocycles. The molecule has 19 heavy (non-hydrogen) atoms. The third-order valence-electron chi connectivity index (χ3n) is 2.01. The van der Waals surface area contributed by atoms with Gasteiger partial charge < -0.3 is 10.5 Å². The average molecular weight is 287 g/mol. The van der Waals surface area contributed by atoms with Crippen molar-refractivity contribution >= 4 is 16.1 Å². The van der Waals surface area contributed by atoms with Crippen LogP contribution in [0.1, 0.15) is 5.56 Å². The fraction of sp³-hybridized carbons (Fsp3) is 0.200. The Kier molecular flexibility index (Phi) is 4.80. The molecule has 102 valence electrons. The molecule has 0 radical (unpaired) electrons. The topological polar surface area (TPSA) is 122 Å². The van der Waals surface area contributed by atoms with Gasteiger partial charge in [-0.1, -0.05) is 0 Å². The Balaban J connectivity index is 2.78. The number of ether oxygens (including phenoxy) is 1. The third kappa shape index (κ3) is 4.20. The number of halogens is 1. The van der Waals surface area contributed by atoms with Crippen molar-refractivity contribution in [2.24, 2.45) is 5.73 Å². The summed E-state index contributed by atoms with van der Waals surface area (Å²) in [5, 5.41) is 8.61. The Morgan fingerprint density at radius 1 is 1.53 bits per heavy atom. The van der Waals surface area contributed by atoms with Crippen LogP contribution in [0.2, 0.25) is 0 Å². The summed E-state index contributed by atoms with van der Waals surface area (Å²) in [6.07, 6.45) is -1.02. The Labute approximate surface area is 108 Å². The Bertz CT molecular complexity index is 624. The van der Waals surface area contributed by atoms with Gasteiger partial charge in [-0.2, -0.15) is 5.26 Å². The number of carbonyl (C=O) groups is 1. The molecule has 7 nitrogen and oxygen atoms in total. The van der Waals surface area contributed by atoms with Gasteiger partial charge in [0.1, 0.15) is 18.5 Å². The number of sulfonamides is 1. The normalized spacial score (nSPS) is 10.7. The molecule has 0 bridgehead atoms. The zero-order chi connectivity index (χ0) is 14.5. The van der Waals surface area contributed by atoms with E-state index in [4.69, 9.17) is 11.0 Å². The molecule has 0 saturated carbocycles. The molecule has 0 heterocycles. The fourth-order valence-electron chi connectivity index (χ4n) is 1.17. The lowest BCUT2D eigenvalue weighted by atomic mass is 10.2. The maximum Gasteiger partial charge on any atom is 0.404 e. The second-order valence-electron chi connectivity index (χ2n) is 3.32. The number of benzene rings is 1. The van der Waals surface area contributed by atoms with Crippen molar-refractivity contribution in [1.29, 1.82) is 5.26 Å². The number of carbonyl (C=O) groups excluding carboxylic acids is 1. The summed E-state index contributed by atoms with van der Waals surface area (Å²) in [7, 11) is -3.91. The first-order valence-electron chi connectivity index (χ1n) is 4.98. The van der Waals surface area contributed by atoms with Gasteiger partial charge in [-0.25, -0.2) is 22.3 Å². The molecule has 0 spiro atoms. The van der Waals surface area contributed by atoms with Gasteiger partial charge in [0.2, 0.25) is 10.0 Å². The van der Waals surface area contributed by atoms with Crippen molar-refractivity contribution in [3.63, 3.8) is 0 Å². The molecule has 9 heteroatoms. The van der Waals surface area contributed by atoms with E-state index in [9.17, 15) is 17.6 Å². The monoisotopic (exact) mass is 287 g/mol. The first kappa shape index (κ1) is 14.9. The second kappa shape index (κ2) is 6.12. The van der Waals surface area contributed by atoms with Gasteiger partial charge in [0.15, 0.2) is 0 Å². The second-order valence-corrected chi connectivity index (χ2v) is 5.09. The molecule has 1 rings (SSSR count). The summed E-state index contributed by atoms with van der Waals surface area (Å²) in [6.45, 7) is -0.425. The van der Waals surface area contributed by atoms with E-state index >= 15 is 0 Å². The molecular formula is C10H10FN3O4S. The first-order chi connectivity index (χ1) is 8.86. The van der Waals surface area contributed by atoms with Gasteiger partial charge >= 0.3 is 6.09 Å². The van der Waals surface area contributed by atoms with Crippen molar-refractivity contribution in [3.8, 4) is 6.07 Å². The van der Waals surface area contributed by atoms with Crippen LogP contribution in [0.25, 0.3) is 0 Å². The van der Waals surface area contributed by atoms with Crippen molar-refractivity contribution in [2.45, 2.75) is 4.90 Å². The van der Waals surface area contributed by atoms with E-state index in [1.165, 1.54) is 6.07 Å². The minimum Gasteiger partial charge on any atom is -0.448 e. The van der Waals surface area contributed by atoms with Gasteiger partial charge in [-0.15, -0.1) is 0 Å². The van der Waals surface area contributed by atoms with E-state index in [0.29, 0.717) is 0 Å². The number of hydrogen-bond acceptors (Lipinski definition) is 5. The van der Waals surface area contributed by atoms with Gasteiger partial charge in [0.05, 0.1) is 10.5 Å². The number of nitrogens with zero attached hydrogens (tertiary/aromatic N) is 1. The zero-order valence-electron chi connectivity index (χ0n) is 9.59. The Morgan fingerprint density at radius 2 is 2.21 bits per heavy atom. The van der Waals surface area contributed by atoms with Crippen molar-refractivity contribution in [1.82, 2.24) is 4.72 Å². The van der Waals surface area contributed by atoms with Crippen LogP contribution in [-0.2, 0) is 14.8 Å². The maximum absolute atomic E-state index is 13.0. The lowest BCUT2D eigenvalue weighted by molar-refractivity contribution is 0.159. The number of primary amides is 1. The molecule has 0 fully saturated rings. The summed E-state index contributed by atoms with van der Waals surface area (Å²) in [5.41, 5.74) is 4.31. The third-order valence-corrected chi connectivity index (χ3v) is 3.47. The molecule has 0 aliphatic carbocycles. The van der Waals surface area contributed by atoms with E-state index in [2.05, 4.69) is 9.46 Å². The number of nitrogens with one attached hydrogen (secondary N) is 1. The van der Waals surface area contributed by atoms with E-state index in [0.717, 1.165) is 18.2 Å². The van der Waals surface area contributed by atoms with E-state index in [1.807, 2.05) is 0 Å². The van der Waals surface area contributed by atoms with Crippen LogP contribution in [-0.4, -0.2) is 27.7 Å². The molecular weight excluding hydrogens is 277 g/mol. The lowest BCUT2D eigenvalue weighted by Gasteiger charge is -2.07. The highest BCUT2D eigenvalue weighted by Crippen LogP contribution is 2.14. The van der Waals surface area contributed by atoms with E-state index in [1.54, 1.807) is 0 Å². The smallest absolute Gasteiger partial charge is 0.404 e. The minimum atomic E-state index is -3.91. The summed E-state index contributed by atoms with van der Waals surface area (Å²) in [5.74, 6) is -0.807. The van der Waals surface area contributed by atoms with Crippen molar-refractivity contribution < 1.29 is 22.3 Å². The van der Waals surface area contributed by atoms with Crippen LogP contribution >= 0.6 is 0 Å². The van der Waals surface area contributed by atoms with E-state index < -0.39 is 21.9 Å². The van der Waals surface area contributed by atoms with Gasteiger partial charge in [-0.05, 0) is 18.2 Å². The summed E-state index contributed by atoms with van der Waals surface area (Å²) in [6, 6.07) is 4.35. The number of rotatable bonds is 5. The molecule has 1 aromatic rings. The van der Waals surface area contributed by atoms with Gasteiger partial charge in [0.25, 0.3) is 0 Å². The van der Waals surface area contributed by atoms with Crippen LogP contribution in [0.15, 0.2) is 23.1 Å². The molecule has 0 aromatic heterocycles. The Hall–Kier alpha value is -2.18. The molecule has 0 saturated heterocycles. The van der Waals surface area contributed by atoms with Crippen LogP contribution in [0.3, 0.4) is 0 Å². The molecule has 0 unspecified atom stereocenters. The van der Waals surface area contributed by atoms with Crippen LogP contribution < -0.4 is 10.5 Å². The van der Waals surface area contributed by atoms with Crippen LogP contribution in [0.5, 0.6) is 0 Å². The molecule has 0 aliphatic rings. The zero-order valence-corrected chi connectivity index (χ0v) is 10.4. The average Bonchev–Trinajstić information content (AvgIpc) is 2.35. The summed E-state index contributed by atoms with van der Waals surface area (Å²) in [4.78, 5) is 10.0. The predicted octanol–water partition coefficient (Wildman–Crippen LogP) is 0.0710. The molecule has 1 amide bonds. The molecule has 0 atom stereocenters. The van der Waals surface area contributed by atoms with Crippen LogP contribution in [0, 0.1) is 17.1 Å². The lowest BCUT2D eigenvalue weighted by Crippen LogP contribution is -2.29. The summed E-state index contributed by atoms with van der Waals surface area (Å²) >= 11 is 0. The maximum atomic E-state index is 13.0. The fourth-order valence-corrected chi connectivity index (χ4v) is 2.21. The SMILES string of the molecule is N#Cc1cc(S(=O)(=O)NCCOC(N)=O)ccc1F. The first-order valence-corrected chi connectivity index (χ1v) is 6.46. The van der Waals surface area contributed by atoms with Gasteiger partial charge in [0, 0.05) is 6.54 Å². The van der Waals surface area contributed by atoms with Crippen molar-refractivity contribution in [2.75, 3.05) is 13.2 Å². The van der Waals surface area contributed by atoms with Gasteiger partial charge in [-0.3, -0.25) is 0 Å². The quantitative estimate of drug-likeness (QED) is 0.742. The summed E-state index contributed by atoms with van der Waals surface area (Å²) < 4.78 is 43.0. The molecule has 3 N–H and O–H groups in total. The minimum absolute atomic E-state index is 0.190. The highest BCUT2D eigenvalue weighted by molar-refractivity contribution is 7.89. The van der Waals surface area contributed by atoms with Crippen LogP contribution in [0.4, 0.5) is 9.18 Å². The standard InChI is InChI=1S/C10H10FN3O4S/c11-9-2-1-8(5-7(9)6-12)19(16,17)14-3-4-18-10(13)15/h1-2,5,14H,3-4H2,(H2,13,15). The largest absolute Gasteiger partial charge is 0.448 e. The highest BCUT2D eigenvalue weighted by Gasteiger charge is 2.15. The predicted molar refractivity (Wildman–Crippen MR) is 61.8 cm³/mol. The van der Waals surface area contributed by atoms with Crippen molar-refractivity contribution in [3.05, 3.63) is 29.6 Å². The van der Waals surface area contributed by atoms with E-state index in [-0.39, 0.29) is 23.6 Å². The number of nitriles is 1.